The van der Waals surface area contributed by atoms with Gasteiger partial charge in [-0.05, 0) is 26.0 Å². The van der Waals surface area contributed by atoms with E-state index in [1.54, 1.807) is 28.9 Å². The molecule has 0 amide bonds. The van der Waals surface area contributed by atoms with Crippen molar-refractivity contribution in [2.24, 2.45) is 0 Å². The second kappa shape index (κ2) is 5.12. The molecular formula is C13H12Cl2N2O. The Morgan fingerprint density at radius 1 is 1.22 bits per heavy atom. The van der Waals surface area contributed by atoms with Crippen LogP contribution in [0.2, 0.25) is 10.0 Å². The number of carbonyl (C=O) groups is 1. The first-order valence-corrected chi connectivity index (χ1v) is 6.30. The highest BCUT2D eigenvalue weighted by Gasteiger charge is 2.22. The lowest BCUT2D eigenvalue weighted by Gasteiger charge is -2.11. The largest absolute Gasteiger partial charge is 0.287 e. The zero-order valence-electron chi connectivity index (χ0n) is 10.0. The number of nitrogens with zero attached hydrogens (tertiary/aromatic N) is 2. The molecular weight excluding hydrogens is 271 g/mol. The Morgan fingerprint density at radius 2 is 1.89 bits per heavy atom. The first-order valence-electron chi connectivity index (χ1n) is 5.54. The predicted octanol–water partition coefficient (Wildman–Crippen LogP) is 4.00. The highest BCUT2D eigenvalue weighted by molar-refractivity contribution is 6.37. The van der Waals surface area contributed by atoms with Crippen molar-refractivity contribution < 1.29 is 4.79 Å². The number of rotatable bonds is 3. The normalized spacial score (nSPS) is 10.9. The van der Waals surface area contributed by atoms with Crippen molar-refractivity contribution in [2.45, 2.75) is 19.9 Å². The molecule has 3 nitrogen and oxygen atoms in total. The molecule has 18 heavy (non-hydrogen) atoms. The number of halogens is 2. The van der Waals surface area contributed by atoms with Crippen molar-refractivity contribution in [3.05, 3.63) is 51.8 Å². The number of ketones is 1. The van der Waals surface area contributed by atoms with Crippen LogP contribution in [0.3, 0.4) is 0 Å². The van der Waals surface area contributed by atoms with Gasteiger partial charge in [0.1, 0.15) is 5.69 Å². The molecule has 0 radical (unpaired) electrons. The number of benzene rings is 1. The van der Waals surface area contributed by atoms with E-state index in [1.807, 2.05) is 13.8 Å². The topological polar surface area (TPSA) is 34.9 Å². The van der Waals surface area contributed by atoms with Gasteiger partial charge in [0, 0.05) is 11.6 Å². The van der Waals surface area contributed by atoms with Gasteiger partial charge < -0.3 is 0 Å². The first kappa shape index (κ1) is 13.1. The zero-order valence-corrected chi connectivity index (χ0v) is 11.5. The van der Waals surface area contributed by atoms with E-state index in [0.717, 1.165) is 0 Å². The maximum Gasteiger partial charge on any atom is 0.214 e. The summed E-state index contributed by atoms with van der Waals surface area (Å²) >= 11 is 12.1. The van der Waals surface area contributed by atoms with Crippen LogP contribution in [0.1, 0.15) is 35.9 Å². The molecule has 0 bridgehead atoms. The van der Waals surface area contributed by atoms with Crippen molar-refractivity contribution in [2.75, 3.05) is 0 Å². The molecule has 1 aromatic heterocycles. The van der Waals surface area contributed by atoms with Gasteiger partial charge in [-0.25, -0.2) is 0 Å². The van der Waals surface area contributed by atoms with Gasteiger partial charge in [-0.1, -0.05) is 35.3 Å². The maximum atomic E-state index is 12.4. The van der Waals surface area contributed by atoms with E-state index in [1.165, 1.54) is 6.20 Å². The average molecular weight is 283 g/mol. The summed E-state index contributed by atoms with van der Waals surface area (Å²) in [6.45, 7) is 3.87. The Kier molecular flexibility index (Phi) is 3.73. The lowest BCUT2D eigenvalue weighted by molar-refractivity contribution is 0.102. The smallest absolute Gasteiger partial charge is 0.214 e. The number of aromatic nitrogens is 2. The van der Waals surface area contributed by atoms with Crippen LogP contribution in [0.25, 0.3) is 0 Å². The monoisotopic (exact) mass is 282 g/mol. The number of carbonyl (C=O) groups excluding carboxylic acids is 1. The zero-order chi connectivity index (χ0) is 13.3. The summed E-state index contributed by atoms with van der Waals surface area (Å²) in [5.74, 6) is -0.211. The molecule has 94 valence electrons. The van der Waals surface area contributed by atoms with Gasteiger partial charge in [0.05, 0.1) is 16.2 Å². The molecule has 0 saturated heterocycles. The summed E-state index contributed by atoms with van der Waals surface area (Å²) in [5.41, 5.74) is 0.809. The fourth-order valence-corrected chi connectivity index (χ4v) is 2.16. The average Bonchev–Trinajstić information content (AvgIpc) is 2.71. The third kappa shape index (κ3) is 2.28. The second-order valence-corrected chi connectivity index (χ2v) is 5.00. The summed E-state index contributed by atoms with van der Waals surface area (Å²) in [4.78, 5) is 12.4. The van der Waals surface area contributed by atoms with Crippen LogP contribution < -0.4 is 0 Å². The molecule has 2 aromatic rings. The number of hydrogen-bond acceptors (Lipinski definition) is 2. The van der Waals surface area contributed by atoms with E-state index in [2.05, 4.69) is 5.10 Å². The van der Waals surface area contributed by atoms with Crippen molar-refractivity contribution in [1.82, 2.24) is 9.78 Å². The lowest BCUT2D eigenvalue weighted by Crippen LogP contribution is -2.14. The summed E-state index contributed by atoms with van der Waals surface area (Å²) in [6.07, 6.45) is 1.48. The SMILES string of the molecule is CC(C)n1ncc(Cl)c1C(=O)c1ccccc1Cl. The van der Waals surface area contributed by atoms with Crippen molar-refractivity contribution >= 4 is 29.0 Å². The molecule has 0 fully saturated rings. The quantitative estimate of drug-likeness (QED) is 0.798. The molecule has 2 rings (SSSR count). The molecule has 1 aromatic carbocycles. The maximum absolute atomic E-state index is 12.4. The van der Waals surface area contributed by atoms with Gasteiger partial charge >= 0.3 is 0 Å². The molecule has 0 N–H and O–H groups in total. The number of hydrogen-bond donors (Lipinski definition) is 0. The Morgan fingerprint density at radius 3 is 2.50 bits per heavy atom. The van der Waals surface area contributed by atoms with Gasteiger partial charge in [0.15, 0.2) is 0 Å². The second-order valence-electron chi connectivity index (χ2n) is 4.19. The minimum atomic E-state index is -0.211. The predicted molar refractivity (Wildman–Crippen MR) is 72.5 cm³/mol. The van der Waals surface area contributed by atoms with Crippen LogP contribution >= 0.6 is 23.2 Å². The first-order chi connectivity index (χ1) is 8.52. The van der Waals surface area contributed by atoms with Gasteiger partial charge in [-0.3, -0.25) is 9.48 Å². The highest BCUT2D eigenvalue weighted by Crippen LogP contribution is 2.25. The standard InChI is InChI=1S/C13H12Cl2N2O/c1-8(2)17-12(11(15)7-16-17)13(18)9-5-3-4-6-10(9)14/h3-8H,1-2H3. The molecule has 0 atom stereocenters. The van der Waals surface area contributed by atoms with Crippen LogP contribution in [0.4, 0.5) is 0 Å². The van der Waals surface area contributed by atoms with Crippen LogP contribution in [-0.2, 0) is 0 Å². The fourth-order valence-electron chi connectivity index (χ4n) is 1.72. The molecule has 0 spiro atoms. The fraction of sp³-hybridized carbons (Fsp3) is 0.231. The lowest BCUT2D eigenvalue weighted by atomic mass is 10.1. The summed E-state index contributed by atoms with van der Waals surface area (Å²) in [6, 6.07) is 6.96. The molecule has 5 heteroatoms. The van der Waals surface area contributed by atoms with Gasteiger partial charge in [0.25, 0.3) is 0 Å². The Hall–Kier alpha value is -1.32. The molecule has 0 unspecified atom stereocenters. The van der Waals surface area contributed by atoms with Crippen LogP contribution in [-0.4, -0.2) is 15.6 Å². The summed E-state index contributed by atoms with van der Waals surface area (Å²) in [5, 5.41) is 4.87. The van der Waals surface area contributed by atoms with E-state index in [4.69, 9.17) is 23.2 Å². The van der Waals surface area contributed by atoms with E-state index in [-0.39, 0.29) is 11.8 Å². The van der Waals surface area contributed by atoms with E-state index in [0.29, 0.717) is 21.3 Å². The van der Waals surface area contributed by atoms with Crippen molar-refractivity contribution in [3.63, 3.8) is 0 Å². The Bertz CT molecular complexity index is 590. The third-order valence-electron chi connectivity index (χ3n) is 2.57. The van der Waals surface area contributed by atoms with E-state index >= 15 is 0 Å². The van der Waals surface area contributed by atoms with E-state index in [9.17, 15) is 4.79 Å². The molecule has 0 saturated carbocycles. The Balaban J connectivity index is 2.53. The van der Waals surface area contributed by atoms with Crippen LogP contribution in [0.15, 0.2) is 30.5 Å². The molecule has 0 aliphatic heterocycles. The van der Waals surface area contributed by atoms with Gasteiger partial charge in [-0.15, -0.1) is 0 Å². The van der Waals surface area contributed by atoms with Crippen LogP contribution in [0, 0.1) is 0 Å². The highest BCUT2D eigenvalue weighted by atomic mass is 35.5. The van der Waals surface area contributed by atoms with Crippen molar-refractivity contribution in [1.29, 1.82) is 0 Å². The van der Waals surface area contributed by atoms with Crippen LogP contribution in [0.5, 0.6) is 0 Å². The molecule has 0 aliphatic rings. The summed E-state index contributed by atoms with van der Waals surface area (Å²) < 4.78 is 1.61. The molecule has 1 heterocycles. The minimum Gasteiger partial charge on any atom is -0.287 e. The van der Waals surface area contributed by atoms with Gasteiger partial charge in [-0.2, -0.15) is 5.10 Å². The van der Waals surface area contributed by atoms with Gasteiger partial charge in [0.2, 0.25) is 5.78 Å². The van der Waals surface area contributed by atoms with Crippen molar-refractivity contribution in [3.8, 4) is 0 Å². The minimum absolute atomic E-state index is 0.0546. The third-order valence-corrected chi connectivity index (χ3v) is 3.18. The van der Waals surface area contributed by atoms with E-state index < -0.39 is 0 Å². The molecule has 0 aliphatic carbocycles. The summed E-state index contributed by atoms with van der Waals surface area (Å²) in [7, 11) is 0. The Labute approximate surface area is 115 Å².